The number of amides is 1. The molecule has 14 heavy (non-hydrogen) atoms. The fourth-order valence-corrected chi connectivity index (χ4v) is 0.746. The van der Waals surface area contributed by atoms with Gasteiger partial charge in [-0.15, -0.1) is 0 Å². The highest BCUT2D eigenvalue weighted by Crippen LogP contribution is 1.92. The summed E-state index contributed by atoms with van der Waals surface area (Å²) in [6, 6.07) is 0. The third-order valence-corrected chi connectivity index (χ3v) is 1.30. The summed E-state index contributed by atoms with van der Waals surface area (Å²) in [6.07, 6.45) is 2.94. The number of nitrogens with one attached hydrogen (secondary N) is 1. The molecule has 0 aliphatic carbocycles. The van der Waals surface area contributed by atoms with Crippen LogP contribution in [0.15, 0.2) is 12.5 Å². The number of nitrogens with zero attached hydrogens (tertiary/aromatic N) is 2. The number of imidazole rings is 1. The molecule has 0 saturated carbocycles. The first-order chi connectivity index (χ1) is 6.59. The molecule has 0 atom stereocenters. The molecular formula is C7H9N3O4. The number of aryl methyl sites for hydroxylation is 1. The average Bonchev–Trinajstić information content (AvgIpc) is 2.51. The summed E-state index contributed by atoms with van der Waals surface area (Å²) in [7, 11) is 1.71. The number of carboxylic acids is 1. The molecule has 1 heterocycles. The van der Waals surface area contributed by atoms with Gasteiger partial charge in [-0.2, -0.15) is 0 Å². The smallest absolute Gasteiger partial charge is 0.332 e. The molecule has 0 unspecified atom stereocenters. The van der Waals surface area contributed by atoms with E-state index in [4.69, 9.17) is 5.11 Å². The van der Waals surface area contributed by atoms with Gasteiger partial charge in [0, 0.05) is 13.2 Å². The fraction of sp³-hybridized carbons (Fsp3) is 0.286. The molecule has 1 aromatic heterocycles. The van der Waals surface area contributed by atoms with Crippen molar-refractivity contribution < 1.29 is 19.5 Å². The van der Waals surface area contributed by atoms with Gasteiger partial charge in [0.1, 0.15) is 5.69 Å². The van der Waals surface area contributed by atoms with Crippen molar-refractivity contribution in [2.45, 2.75) is 0 Å². The van der Waals surface area contributed by atoms with Gasteiger partial charge in [0.15, 0.2) is 6.61 Å². The summed E-state index contributed by atoms with van der Waals surface area (Å²) in [5, 5.41) is 8.21. The summed E-state index contributed by atoms with van der Waals surface area (Å²) in [5.74, 6) is -1.74. The second-order valence-electron chi connectivity index (χ2n) is 2.54. The maximum Gasteiger partial charge on any atom is 0.332 e. The first kappa shape index (κ1) is 10.2. The standard InChI is InChI=1S/C7H9N3O4/c1-10-2-5(8-4-10)7(13)9-14-3-6(11)12/h2,4H,3H2,1H3,(H,9,13)(H,11,12). The number of hydrogen-bond donors (Lipinski definition) is 2. The Morgan fingerprint density at radius 1 is 1.71 bits per heavy atom. The van der Waals surface area contributed by atoms with Crippen molar-refractivity contribution in [2.75, 3.05) is 6.61 Å². The van der Waals surface area contributed by atoms with Crippen LogP contribution in [0.3, 0.4) is 0 Å². The lowest BCUT2D eigenvalue weighted by Gasteiger charge is -2.00. The van der Waals surface area contributed by atoms with Crippen molar-refractivity contribution in [3.8, 4) is 0 Å². The maximum absolute atomic E-state index is 11.1. The summed E-state index contributed by atoms with van der Waals surface area (Å²) in [4.78, 5) is 29.3. The Morgan fingerprint density at radius 2 is 2.43 bits per heavy atom. The number of aliphatic carboxylic acids is 1. The molecule has 1 aromatic rings. The van der Waals surface area contributed by atoms with E-state index in [1.54, 1.807) is 11.6 Å². The SMILES string of the molecule is Cn1cnc(C(=O)NOCC(=O)O)c1. The fourth-order valence-electron chi connectivity index (χ4n) is 0.746. The van der Waals surface area contributed by atoms with Gasteiger partial charge in [0.2, 0.25) is 0 Å². The largest absolute Gasteiger partial charge is 0.479 e. The average molecular weight is 199 g/mol. The van der Waals surface area contributed by atoms with Crippen LogP contribution in [0.4, 0.5) is 0 Å². The lowest BCUT2D eigenvalue weighted by atomic mass is 10.5. The van der Waals surface area contributed by atoms with E-state index in [9.17, 15) is 9.59 Å². The number of aromatic nitrogens is 2. The predicted octanol–water partition coefficient (Wildman–Crippen LogP) is -0.834. The molecule has 1 amide bonds. The Morgan fingerprint density at radius 3 is 2.93 bits per heavy atom. The Bertz CT molecular complexity index is 346. The van der Waals surface area contributed by atoms with E-state index in [1.165, 1.54) is 12.5 Å². The number of hydroxylamine groups is 1. The molecule has 7 nitrogen and oxygen atoms in total. The molecule has 0 saturated heterocycles. The molecule has 0 aliphatic rings. The zero-order valence-corrected chi connectivity index (χ0v) is 7.43. The molecule has 2 N–H and O–H groups in total. The number of carboxylic acid groups (broad SMARTS) is 1. The molecule has 0 radical (unpaired) electrons. The van der Waals surface area contributed by atoms with Gasteiger partial charge in [-0.3, -0.25) is 9.63 Å². The number of carbonyl (C=O) groups excluding carboxylic acids is 1. The van der Waals surface area contributed by atoms with Crippen LogP contribution >= 0.6 is 0 Å². The highest BCUT2D eigenvalue weighted by atomic mass is 16.7. The third kappa shape index (κ3) is 2.87. The molecule has 0 aliphatic heterocycles. The second kappa shape index (κ2) is 4.38. The van der Waals surface area contributed by atoms with Crippen LogP contribution in [0.1, 0.15) is 10.5 Å². The van der Waals surface area contributed by atoms with Crippen LogP contribution in [0, 0.1) is 0 Å². The molecule has 1 rings (SSSR count). The van der Waals surface area contributed by atoms with E-state index in [0.717, 1.165) is 0 Å². The minimum Gasteiger partial charge on any atom is -0.479 e. The summed E-state index contributed by atoms with van der Waals surface area (Å²) < 4.78 is 1.59. The first-order valence-corrected chi connectivity index (χ1v) is 3.71. The lowest BCUT2D eigenvalue weighted by Crippen LogP contribution is -2.26. The normalized spacial score (nSPS) is 9.79. The molecule has 7 heteroatoms. The summed E-state index contributed by atoms with van der Waals surface area (Å²) >= 11 is 0. The van der Waals surface area contributed by atoms with E-state index < -0.39 is 18.5 Å². The molecule has 0 fully saturated rings. The minimum absolute atomic E-state index is 0.165. The first-order valence-electron chi connectivity index (χ1n) is 3.71. The van der Waals surface area contributed by atoms with Gasteiger partial charge in [-0.25, -0.2) is 15.3 Å². The summed E-state index contributed by atoms with van der Waals surface area (Å²) in [6.45, 7) is -0.585. The Labute approximate surface area is 79.3 Å². The molecular weight excluding hydrogens is 190 g/mol. The van der Waals surface area contributed by atoms with Crippen LogP contribution in [0.2, 0.25) is 0 Å². The highest BCUT2D eigenvalue weighted by molar-refractivity contribution is 5.91. The molecule has 76 valence electrons. The Kier molecular flexibility index (Phi) is 3.19. The van der Waals surface area contributed by atoms with Crippen molar-refractivity contribution in [2.24, 2.45) is 7.05 Å². The molecule has 0 bridgehead atoms. The Hall–Kier alpha value is -1.89. The zero-order valence-electron chi connectivity index (χ0n) is 7.43. The van der Waals surface area contributed by atoms with Crippen LogP contribution in [0.25, 0.3) is 0 Å². The second-order valence-corrected chi connectivity index (χ2v) is 2.54. The van der Waals surface area contributed by atoms with Crippen molar-refractivity contribution in [1.82, 2.24) is 15.0 Å². The highest BCUT2D eigenvalue weighted by Gasteiger charge is 2.08. The van der Waals surface area contributed by atoms with Gasteiger partial charge in [0.05, 0.1) is 6.33 Å². The van der Waals surface area contributed by atoms with E-state index in [2.05, 4.69) is 9.82 Å². The third-order valence-electron chi connectivity index (χ3n) is 1.30. The van der Waals surface area contributed by atoms with Gasteiger partial charge in [-0.05, 0) is 0 Å². The quantitative estimate of drug-likeness (QED) is 0.617. The van der Waals surface area contributed by atoms with E-state index in [-0.39, 0.29) is 5.69 Å². The van der Waals surface area contributed by atoms with Crippen LogP contribution < -0.4 is 5.48 Å². The van der Waals surface area contributed by atoms with Gasteiger partial charge in [-0.1, -0.05) is 0 Å². The van der Waals surface area contributed by atoms with Crippen molar-refractivity contribution in [1.29, 1.82) is 0 Å². The van der Waals surface area contributed by atoms with Gasteiger partial charge in [0.25, 0.3) is 5.91 Å². The Balaban J connectivity index is 2.39. The number of hydrogen-bond acceptors (Lipinski definition) is 4. The van der Waals surface area contributed by atoms with Crippen molar-refractivity contribution in [3.63, 3.8) is 0 Å². The monoisotopic (exact) mass is 199 g/mol. The topological polar surface area (TPSA) is 93.5 Å². The van der Waals surface area contributed by atoms with Crippen molar-refractivity contribution >= 4 is 11.9 Å². The number of rotatable bonds is 4. The van der Waals surface area contributed by atoms with Crippen molar-refractivity contribution in [3.05, 3.63) is 18.2 Å². The van der Waals surface area contributed by atoms with E-state index in [0.29, 0.717) is 0 Å². The molecule has 0 aromatic carbocycles. The van der Waals surface area contributed by atoms with Crippen LogP contribution in [-0.4, -0.2) is 33.1 Å². The zero-order chi connectivity index (χ0) is 10.6. The van der Waals surface area contributed by atoms with Gasteiger partial charge >= 0.3 is 5.97 Å². The predicted molar refractivity (Wildman–Crippen MR) is 44.3 cm³/mol. The minimum atomic E-state index is -1.16. The van der Waals surface area contributed by atoms with Gasteiger partial charge < -0.3 is 9.67 Å². The molecule has 0 spiro atoms. The van der Waals surface area contributed by atoms with Crippen LogP contribution in [0.5, 0.6) is 0 Å². The summed E-state index contributed by atoms with van der Waals surface area (Å²) in [5.41, 5.74) is 2.11. The van der Waals surface area contributed by atoms with E-state index in [1.807, 2.05) is 5.48 Å². The number of carbonyl (C=O) groups is 2. The lowest BCUT2D eigenvalue weighted by molar-refractivity contribution is -0.144. The maximum atomic E-state index is 11.1. The van der Waals surface area contributed by atoms with E-state index >= 15 is 0 Å². The van der Waals surface area contributed by atoms with Crippen LogP contribution in [-0.2, 0) is 16.7 Å².